The number of hydrogen-bond donors (Lipinski definition) is 1. The molecule has 0 bridgehead atoms. The molecule has 1 unspecified atom stereocenters. The Kier molecular flexibility index (Phi) is 3.70. The van der Waals surface area contributed by atoms with Crippen LogP contribution in [0.1, 0.15) is 31.2 Å². The van der Waals surface area contributed by atoms with Crippen LogP contribution in [-0.2, 0) is 5.92 Å². The molecule has 0 aliphatic rings. The lowest BCUT2D eigenvalue weighted by Crippen LogP contribution is -2.34. The van der Waals surface area contributed by atoms with E-state index in [0.29, 0.717) is 6.42 Å². The molecule has 0 saturated carbocycles. The van der Waals surface area contributed by atoms with Crippen molar-refractivity contribution >= 4 is 0 Å². The van der Waals surface area contributed by atoms with Crippen molar-refractivity contribution in [2.45, 2.75) is 31.5 Å². The third kappa shape index (κ3) is 2.54. The van der Waals surface area contributed by atoms with Crippen LogP contribution in [0.3, 0.4) is 0 Å². The van der Waals surface area contributed by atoms with E-state index in [1.54, 1.807) is 6.92 Å². The molecule has 1 N–H and O–H groups in total. The van der Waals surface area contributed by atoms with Crippen molar-refractivity contribution in [1.29, 1.82) is 0 Å². The number of nitrogens with zero attached hydrogens (tertiary/aromatic N) is 2. The van der Waals surface area contributed by atoms with Gasteiger partial charge in [0.05, 0.1) is 6.04 Å². The fourth-order valence-electron chi connectivity index (χ4n) is 1.13. The summed E-state index contributed by atoms with van der Waals surface area (Å²) in [5, 5.41) is 8.57. The quantitative estimate of drug-likeness (QED) is 0.843. The average Bonchev–Trinajstić information content (AvgIpc) is 2.67. The van der Waals surface area contributed by atoms with Gasteiger partial charge in [0.25, 0.3) is 5.89 Å². The van der Waals surface area contributed by atoms with E-state index < -0.39 is 24.0 Å². The molecular weight excluding hydrogens is 249 g/mol. The van der Waals surface area contributed by atoms with Gasteiger partial charge in [0.2, 0.25) is 5.89 Å². The van der Waals surface area contributed by atoms with Crippen LogP contribution in [0.4, 0.5) is 22.0 Å². The molecule has 0 aromatic carbocycles. The van der Waals surface area contributed by atoms with Gasteiger partial charge in [-0.2, -0.15) is 22.0 Å². The summed E-state index contributed by atoms with van der Waals surface area (Å²) in [4.78, 5) is 0. The van der Waals surface area contributed by atoms with Gasteiger partial charge in [0.15, 0.2) is 0 Å². The van der Waals surface area contributed by atoms with Crippen LogP contribution in [0, 0.1) is 0 Å². The molecule has 0 radical (unpaired) electrons. The van der Waals surface area contributed by atoms with E-state index in [1.807, 2.05) is 0 Å². The predicted molar refractivity (Wildman–Crippen MR) is 46.3 cm³/mol. The molecule has 0 aliphatic heterocycles. The standard InChI is InChI=1S/C8H10F5N3O/c1-3-4(14-2)5-15-16-6(17-5)7(9,10)8(11,12)13/h4,14H,3H2,1-2H3. The first-order chi connectivity index (χ1) is 7.74. The molecule has 0 fully saturated rings. The monoisotopic (exact) mass is 259 g/mol. The van der Waals surface area contributed by atoms with Crippen LogP contribution in [0.15, 0.2) is 4.42 Å². The minimum Gasteiger partial charge on any atom is -0.418 e. The van der Waals surface area contributed by atoms with Crippen molar-refractivity contribution in [1.82, 2.24) is 15.5 Å². The molecule has 1 atom stereocenters. The van der Waals surface area contributed by atoms with Crippen LogP contribution >= 0.6 is 0 Å². The van der Waals surface area contributed by atoms with Gasteiger partial charge in [-0.05, 0) is 13.5 Å². The topological polar surface area (TPSA) is 51.0 Å². The highest BCUT2D eigenvalue weighted by Crippen LogP contribution is 2.43. The smallest absolute Gasteiger partial charge is 0.418 e. The van der Waals surface area contributed by atoms with Crippen molar-refractivity contribution < 1.29 is 26.4 Å². The zero-order valence-corrected chi connectivity index (χ0v) is 8.98. The first kappa shape index (κ1) is 13.8. The molecule has 98 valence electrons. The Morgan fingerprint density at radius 1 is 1.24 bits per heavy atom. The van der Waals surface area contributed by atoms with Gasteiger partial charge in [-0.3, -0.25) is 0 Å². The van der Waals surface area contributed by atoms with Crippen LogP contribution in [0.5, 0.6) is 0 Å². The summed E-state index contributed by atoms with van der Waals surface area (Å²) in [7, 11) is 1.50. The largest absolute Gasteiger partial charge is 0.463 e. The third-order valence-corrected chi connectivity index (χ3v) is 2.12. The minimum atomic E-state index is -5.75. The highest BCUT2D eigenvalue weighted by molar-refractivity contribution is 4.98. The number of halogens is 5. The molecule has 1 aromatic rings. The average molecular weight is 259 g/mol. The molecular formula is C8H10F5N3O. The highest BCUT2D eigenvalue weighted by Gasteiger charge is 2.63. The first-order valence-electron chi connectivity index (χ1n) is 4.69. The Bertz CT molecular complexity index is 371. The second-order valence-corrected chi connectivity index (χ2v) is 3.27. The molecule has 9 heteroatoms. The Labute approximate surface area is 93.2 Å². The molecule has 4 nitrogen and oxygen atoms in total. The Hall–Kier alpha value is -1.25. The van der Waals surface area contributed by atoms with Crippen LogP contribution < -0.4 is 5.32 Å². The normalized spacial score (nSPS) is 15.0. The number of rotatable bonds is 4. The Balaban J connectivity index is 3.03. The van der Waals surface area contributed by atoms with E-state index in [-0.39, 0.29) is 5.89 Å². The Morgan fingerprint density at radius 3 is 2.24 bits per heavy atom. The summed E-state index contributed by atoms with van der Waals surface area (Å²) in [5.41, 5.74) is 0. The van der Waals surface area contributed by atoms with Gasteiger partial charge in [0.1, 0.15) is 0 Å². The lowest BCUT2D eigenvalue weighted by molar-refractivity contribution is -0.297. The van der Waals surface area contributed by atoms with Gasteiger partial charge < -0.3 is 9.73 Å². The summed E-state index contributed by atoms with van der Waals surface area (Å²) >= 11 is 0. The zero-order valence-electron chi connectivity index (χ0n) is 8.98. The maximum absolute atomic E-state index is 12.8. The molecule has 0 amide bonds. The number of aromatic nitrogens is 2. The van der Waals surface area contributed by atoms with E-state index >= 15 is 0 Å². The van der Waals surface area contributed by atoms with Crippen LogP contribution in [0.2, 0.25) is 0 Å². The maximum atomic E-state index is 12.8. The van der Waals surface area contributed by atoms with Crippen LogP contribution in [-0.4, -0.2) is 23.4 Å². The predicted octanol–water partition coefficient (Wildman–Crippen LogP) is 2.39. The third-order valence-electron chi connectivity index (χ3n) is 2.12. The molecule has 0 aliphatic carbocycles. The first-order valence-corrected chi connectivity index (χ1v) is 4.69. The summed E-state index contributed by atoms with van der Waals surface area (Å²) in [6.07, 6.45) is -5.34. The zero-order chi connectivity index (χ0) is 13.3. The van der Waals surface area contributed by atoms with Crippen molar-refractivity contribution in [3.05, 3.63) is 11.8 Å². The second-order valence-electron chi connectivity index (χ2n) is 3.27. The van der Waals surface area contributed by atoms with E-state index in [0.717, 1.165) is 0 Å². The Morgan fingerprint density at radius 2 is 1.82 bits per heavy atom. The van der Waals surface area contributed by atoms with Crippen molar-refractivity contribution in [2.75, 3.05) is 7.05 Å². The van der Waals surface area contributed by atoms with Crippen molar-refractivity contribution in [2.24, 2.45) is 0 Å². The summed E-state index contributed by atoms with van der Waals surface area (Å²) in [6.45, 7) is 1.69. The van der Waals surface area contributed by atoms with Crippen molar-refractivity contribution in [3.63, 3.8) is 0 Å². The fraction of sp³-hybridized carbons (Fsp3) is 0.750. The van der Waals surface area contributed by atoms with E-state index in [1.165, 1.54) is 7.05 Å². The second kappa shape index (κ2) is 4.55. The molecule has 0 spiro atoms. The van der Waals surface area contributed by atoms with Crippen molar-refractivity contribution in [3.8, 4) is 0 Å². The SMILES string of the molecule is CCC(NC)c1nnc(C(F)(F)C(F)(F)F)o1. The van der Waals surface area contributed by atoms with E-state index in [9.17, 15) is 22.0 Å². The van der Waals surface area contributed by atoms with Gasteiger partial charge in [-0.15, -0.1) is 10.2 Å². The van der Waals surface area contributed by atoms with Gasteiger partial charge >= 0.3 is 12.1 Å². The van der Waals surface area contributed by atoms with E-state index in [2.05, 4.69) is 19.9 Å². The molecule has 0 saturated heterocycles. The summed E-state index contributed by atoms with van der Waals surface area (Å²) in [6, 6.07) is -0.555. The lowest BCUT2D eigenvalue weighted by Gasteiger charge is -2.15. The van der Waals surface area contributed by atoms with E-state index in [4.69, 9.17) is 0 Å². The molecule has 1 rings (SSSR count). The van der Waals surface area contributed by atoms with Crippen LogP contribution in [0.25, 0.3) is 0 Å². The molecule has 1 heterocycles. The highest BCUT2D eigenvalue weighted by atomic mass is 19.4. The summed E-state index contributed by atoms with van der Waals surface area (Å²) in [5.74, 6) is -7.17. The molecule has 1 aromatic heterocycles. The van der Waals surface area contributed by atoms with Gasteiger partial charge in [-0.1, -0.05) is 6.92 Å². The minimum absolute atomic E-state index is 0.297. The molecule has 17 heavy (non-hydrogen) atoms. The lowest BCUT2D eigenvalue weighted by atomic mass is 10.2. The van der Waals surface area contributed by atoms with Gasteiger partial charge in [0, 0.05) is 0 Å². The summed E-state index contributed by atoms with van der Waals surface area (Å²) < 4.78 is 66.0. The maximum Gasteiger partial charge on any atom is 0.463 e. The number of hydrogen-bond acceptors (Lipinski definition) is 4. The number of nitrogens with one attached hydrogen (secondary N) is 1. The van der Waals surface area contributed by atoms with Gasteiger partial charge in [-0.25, -0.2) is 0 Å². The number of alkyl halides is 5. The fourth-order valence-corrected chi connectivity index (χ4v) is 1.13.